The van der Waals surface area contributed by atoms with Gasteiger partial charge in [-0.15, -0.1) is 0 Å². The molecule has 1 saturated heterocycles. The lowest BCUT2D eigenvalue weighted by atomic mass is 10.1. The SMILES string of the molecule is Cc1c(F)n([C@@]2(N=[N+]=[N-])C[C@H](O)[C@@H](CO)O2)c(=O)[nH]c1=O. The summed E-state index contributed by atoms with van der Waals surface area (Å²) in [6.07, 6.45) is -2.89. The maximum absolute atomic E-state index is 14.2. The van der Waals surface area contributed by atoms with Crippen LogP contribution < -0.4 is 11.2 Å². The number of H-pyrrole nitrogens is 1. The van der Waals surface area contributed by atoms with Gasteiger partial charge in [0.05, 0.1) is 18.3 Å². The van der Waals surface area contributed by atoms with E-state index in [0.29, 0.717) is 4.57 Å². The Kier molecular flexibility index (Phi) is 3.83. The standard InChI is InChI=1S/C10H12FN5O5/c1-4-7(11)16(9(20)13-8(4)19)10(14-15-12)2-5(18)6(3-17)21-10/h5-6,17-18H,2-3H2,1H3,(H,13,19,20)/t5-,6+,10-/m0/s1. The van der Waals surface area contributed by atoms with E-state index in [1.807, 2.05) is 4.98 Å². The van der Waals surface area contributed by atoms with E-state index in [9.17, 15) is 19.1 Å². The molecule has 0 unspecified atom stereocenters. The number of aliphatic hydroxyl groups excluding tert-OH is 2. The first kappa shape index (κ1) is 15.2. The van der Waals surface area contributed by atoms with Gasteiger partial charge in [-0.05, 0) is 17.6 Å². The van der Waals surface area contributed by atoms with E-state index in [1.165, 1.54) is 0 Å². The first-order chi connectivity index (χ1) is 9.86. The minimum Gasteiger partial charge on any atom is -0.394 e. The Morgan fingerprint density at radius 3 is 2.86 bits per heavy atom. The molecule has 0 radical (unpaired) electrons. The van der Waals surface area contributed by atoms with E-state index in [-0.39, 0.29) is 0 Å². The van der Waals surface area contributed by atoms with Gasteiger partial charge in [0.2, 0.25) is 11.8 Å². The van der Waals surface area contributed by atoms with Gasteiger partial charge in [0.1, 0.15) is 6.10 Å². The molecule has 0 spiro atoms. The van der Waals surface area contributed by atoms with Crippen molar-refractivity contribution >= 4 is 0 Å². The van der Waals surface area contributed by atoms with Gasteiger partial charge in [-0.1, -0.05) is 0 Å². The van der Waals surface area contributed by atoms with Crippen molar-refractivity contribution in [1.82, 2.24) is 9.55 Å². The molecular weight excluding hydrogens is 289 g/mol. The topological polar surface area (TPSA) is 153 Å². The van der Waals surface area contributed by atoms with Crippen LogP contribution >= 0.6 is 0 Å². The predicted octanol–water partition coefficient (Wildman–Crippen LogP) is -0.953. The highest BCUT2D eigenvalue weighted by molar-refractivity contribution is 5.07. The quantitative estimate of drug-likeness (QED) is 0.284. The number of azide groups is 1. The molecule has 2 rings (SSSR count). The van der Waals surface area contributed by atoms with Crippen molar-refractivity contribution < 1.29 is 19.3 Å². The lowest BCUT2D eigenvalue weighted by Crippen LogP contribution is -2.46. The number of ether oxygens (including phenoxy) is 1. The summed E-state index contributed by atoms with van der Waals surface area (Å²) >= 11 is 0. The van der Waals surface area contributed by atoms with Gasteiger partial charge in [0, 0.05) is 11.3 Å². The monoisotopic (exact) mass is 301 g/mol. The van der Waals surface area contributed by atoms with E-state index in [2.05, 4.69) is 10.0 Å². The normalized spacial score (nSPS) is 28.4. The van der Waals surface area contributed by atoms with Crippen LogP contribution in [0.4, 0.5) is 4.39 Å². The highest BCUT2D eigenvalue weighted by atomic mass is 19.1. The van der Waals surface area contributed by atoms with Crippen LogP contribution in [0.15, 0.2) is 14.7 Å². The molecular formula is C10H12FN5O5. The fraction of sp³-hybridized carbons (Fsp3) is 0.600. The van der Waals surface area contributed by atoms with Crippen molar-refractivity contribution in [2.24, 2.45) is 5.11 Å². The molecule has 21 heavy (non-hydrogen) atoms. The molecule has 1 fully saturated rings. The van der Waals surface area contributed by atoms with E-state index < -0.39 is 53.8 Å². The number of aliphatic hydroxyl groups is 2. The van der Waals surface area contributed by atoms with Gasteiger partial charge in [-0.2, -0.15) is 4.39 Å². The Balaban J connectivity index is 2.72. The molecule has 3 atom stereocenters. The minimum absolute atomic E-state index is 0.322. The number of nitrogens with one attached hydrogen (secondary N) is 1. The van der Waals surface area contributed by atoms with Crippen molar-refractivity contribution in [3.05, 3.63) is 42.8 Å². The Morgan fingerprint density at radius 2 is 2.33 bits per heavy atom. The largest absolute Gasteiger partial charge is 0.394 e. The second-order valence-electron chi connectivity index (χ2n) is 4.55. The van der Waals surface area contributed by atoms with E-state index in [4.69, 9.17) is 15.4 Å². The van der Waals surface area contributed by atoms with Crippen molar-refractivity contribution in [2.45, 2.75) is 31.4 Å². The van der Waals surface area contributed by atoms with Crippen molar-refractivity contribution in [1.29, 1.82) is 0 Å². The predicted molar refractivity (Wildman–Crippen MR) is 65.7 cm³/mol. The van der Waals surface area contributed by atoms with Gasteiger partial charge < -0.3 is 14.9 Å². The van der Waals surface area contributed by atoms with Crippen LogP contribution in [0.25, 0.3) is 10.4 Å². The Labute approximate surface area is 116 Å². The summed E-state index contributed by atoms with van der Waals surface area (Å²) < 4.78 is 19.7. The molecule has 0 amide bonds. The highest BCUT2D eigenvalue weighted by Gasteiger charge is 2.49. The number of aromatic nitrogens is 2. The average Bonchev–Trinajstić information content (AvgIpc) is 2.73. The van der Waals surface area contributed by atoms with Crippen molar-refractivity contribution in [3.8, 4) is 0 Å². The van der Waals surface area contributed by atoms with Crippen molar-refractivity contribution in [3.63, 3.8) is 0 Å². The number of halogens is 1. The second-order valence-corrected chi connectivity index (χ2v) is 4.55. The number of nitrogens with zero attached hydrogens (tertiary/aromatic N) is 4. The Bertz CT molecular complexity index is 724. The second kappa shape index (κ2) is 5.30. The zero-order chi connectivity index (χ0) is 15.8. The smallest absolute Gasteiger partial charge is 0.333 e. The molecule has 2 heterocycles. The van der Waals surface area contributed by atoms with Crippen LogP contribution in [0, 0.1) is 12.9 Å². The molecule has 0 aliphatic carbocycles. The molecule has 1 aromatic rings. The molecule has 114 valence electrons. The van der Waals surface area contributed by atoms with Crippen LogP contribution in [-0.4, -0.2) is 38.6 Å². The summed E-state index contributed by atoms with van der Waals surface area (Å²) in [6, 6.07) is 0. The lowest BCUT2D eigenvalue weighted by molar-refractivity contribution is -0.120. The van der Waals surface area contributed by atoms with E-state index in [1.54, 1.807) is 0 Å². The number of rotatable bonds is 3. The summed E-state index contributed by atoms with van der Waals surface area (Å²) in [6.45, 7) is 0.505. The fourth-order valence-electron chi connectivity index (χ4n) is 2.16. The molecule has 1 aliphatic rings. The molecule has 1 aliphatic heterocycles. The molecule has 3 N–H and O–H groups in total. The van der Waals surface area contributed by atoms with Gasteiger partial charge in [-0.3, -0.25) is 9.78 Å². The highest BCUT2D eigenvalue weighted by Crippen LogP contribution is 2.36. The summed E-state index contributed by atoms with van der Waals surface area (Å²) in [5.74, 6) is -3.44. The molecule has 1 aromatic heterocycles. The first-order valence-corrected chi connectivity index (χ1v) is 5.91. The van der Waals surface area contributed by atoms with Crippen LogP contribution in [0.5, 0.6) is 0 Å². The van der Waals surface area contributed by atoms with Gasteiger partial charge in [-0.25, -0.2) is 9.36 Å². The number of hydrogen-bond donors (Lipinski definition) is 3. The van der Waals surface area contributed by atoms with Crippen molar-refractivity contribution in [2.75, 3.05) is 6.61 Å². The van der Waals surface area contributed by atoms with Crippen LogP contribution in [-0.2, 0) is 10.6 Å². The lowest BCUT2D eigenvalue weighted by Gasteiger charge is -2.26. The van der Waals surface area contributed by atoms with Crippen LogP contribution in [0.3, 0.4) is 0 Å². The van der Waals surface area contributed by atoms with E-state index in [0.717, 1.165) is 6.92 Å². The van der Waals surface area contributed by atoms with Crippen LogP contribution in [0.2, 0.25) is 0 Å². The maximum Gasteiger partial charge on any atom is 0.333 e. The number of hydrogen-bond acceptors (Lipinski definition) is 6. The average molecular weight is 301 g/mol. The first-order valence-electron chi connectivity index (χ1n) is 5.91. The van der Waals surface area contributed by atoms with Gasteiger partial charge >= 0.3 is 5.69 Å². The Hall–Kier alpha value is -2.20. The van der Waals surface area contributed by atoms with Gasteiger partial charge in [0.15, 0.2) is 0 Å². The zero-order valence-electron chi connectivity index (χ0n) is 10.9. The summed E-state index contributed by atoms with van der Waals surface area (Å²) in [4.78, 5) is 27.5. The molecule has 11 heteroatoms. The molecule has 10 nitrogen and oxygen atoms in total. The van der Waals surface area contributed by atoms with Crippen LogP contribution in [0.1, 0.15) is 12.0 Å². The third kappa shape index (κ3) is 2.32. The minimum atomic E-state index is -2.20. The third-order valence-electron chi connectivity index (χ3n) is 3.24. The summed E-state index contributed by atoms with van der Waals surface area (Å²) in [5.41, 5.74) is 6.10. The van der Waals surface area contributed by atoms with E-state index >= 15 is 0 Å². The zero-order valence-corrected chi connectivity index (χ0v) is 10.9. The fourth-order valence-corrected chi connectivity index (χ4v) is 2.16. The maximum atomic E-state index is 14.2. The molecule has 0 saturated carbocycles. The number of aromatic amines is 1. The molecule has 0 bridgehead atoms. The Morgan fingerprint density at radius 1 is 1.67 bits per heavy atom. The summed E-state index contributed by atoms with van der Waals surface area (Å²) in [7, 11) is 0. The summed E-state index contributed by atoms with van der Waals surface area (Å²) in [5, 5.41) is 22.1. The molecule has 0 aromatic carbocycles. The van der Waals surface area contributed by atoms with Gasteiger partial charge in [0.25, 0.3) is 5.56 Å². The third-order valence-corrected chi connectivity index (χ3v) is 3.24.